The van der Waals surface area contributed by atoms with Crippen LogP contribution in [0.4, 0.5) is 0 Å². The van der Waals surface area contributed by atoms with Gasteiger partial charge in [0.05, 0.1) is 0 Å². The van der Waals surface area contributed by atoms with Gasteiger partial charge < -0.3 is 0 Å². The van der Waals surface area contributed by atoms with Gasteiger partial charge in [-0.05, 0) is 0 Å². The number of rotatable bonds is 0. The van der Waals surface area contributed by atoms with Gasteiger partial charge in [0.25, 0.3) is 0 Å². The minimum atomic E-state index is -1.19. The van der Waals surface area contributed by atoms with E-state index in [9.17, 15) is 0 Å². The summed E-state index contributed by atoms with van der Waals surface area (Å²) in [5, 5.41) is 0. The Morgan fingerprint density at radius 2 is 1.33 bits per heavy atom. The molecule has 4 aliphatic heterocycles. The average molecular weight is 307 g/mol. The molecule has 0 amide bonds. The Morgan fingerprint density at radius 3 is 1.94 bits per heavy atom. The van der Waals surface area contributed by atoms with Crippen molar-refractivity contribution < 1.29 is 0 Å². The summed E-state index contributed by atoms with van der Waals surface area (Å²) in [6, 6.07) is 0. The summed E-state index contributed by atoms with van der Waals surface area (Å²) in [6.45, 7) is 7.75. The number of hydrogen-bond acceptors (Lipinski definition) is 0. The van der Waals surface area contributed by atoms with Crippen LogP contribution in [0.25, 0.3) is 0 Å². The van der Waals surface area contributed by atoms with E-state index < -0.39 is 14.5 Å². The van der Waals surface area contributed by atoms with Crippen molar-refractivity contribution in [1.82, 2.24) is 0 Å². The van der Waals surface area contributed by atoms with Crippen molar-refractivity contribution in [3.63, 3.8) is 0 Å². The van der Waals surface area contributed by atoms with Crippen molar-refractivity contribution in [2.24, 2.45) is 0 Å². The van der Waals surface area contributed by atoms with Gasteiger partial charge >= 0.3 is 118 Å². The van der Waals surface area contributed by atoms with E-state index >= 15 is 0 Å². The molecule has 0 N–H and O–H groups in total. The summed E-state index contributed by atoms with van der Waals surface area (Å²) in [5.74, 6) is 0. The van der Waals surface area contributed by atoms with Crippen molar-refractivity contribution in [3.8, 4) is 0 Å². The molecule has 106 valence electrons. The number of alkyl halides is 1. The molecular weight excluding hydrogens is 278 g/mol. The molecule has 0 unspecified atom stereocenters. The molecule has 0 aromatic rings. The molecular formula is C15H29ClP2. The van der Waals surface area contributed by atoms with Crippen LogP contribution in [0, 0.1) is 0 Å². The second-order valence-corrected chi connectivity index (χ2v) is 20.6. The number of hydrogen-bond donors (Lipinski definition) is 0. The zero-order valence-corrected chi connectivity index (χ0v) is 14.9. The van der Waals surface area contributed by atoms with Crippen LogP contribution in [0.2, 0.25) is 0 Å². The zero-order chi connectivity index (χ0) is 12.8. The predicted molar refractivity (Wildman–Crippen MR) is 90.2 cm³/mol. The van der Waals surface area contributed by atoms with Crippen LogP contribution in [0.3, 0.4) is 0 Å². The monoisotopic (exact) mass is 306 g/mol. The molecule has 3 heteroatoms. The van der Waals surface area contributed by atoms with Gasteiger partial charge in [-0.3, -0.25) is 0 Å². The molecule has 5 atom stereocenters. The quantitative estimate of drug-likeness (QED) is 0.440. The van der Waals surface area contributed by atoms with Crippen molar-refractivity contribution >= 4 is 26.1 Å². The molecule has 4 heterocycles. The Hall–Kier alpha value is 1.15. The first-order chi connectivity index (χ1) is 8.49. The predicted octanol–water partition coefficient (Wildman–Crippen LogP) is 4.92. The van der Waals surface area contributed by atoms with Gasteiger partial charge in [-0.25, -0.2) is 0 Å². The molecule has 4 saturated heterocycles. The van der Waals surface area contributed by atoms with E-state index in [1.807, 2.05) is 0 Å². The van der Waals surface area contributed by atoms with Crippen LogP contribution < -0.4 is 0 Å². The van der Waals surface area contributed by atoms with Crippen LogP contribution >= 0.6 is 26.1 Å². The first-order valence-corrected chi connectivity index (χ1v) is 13.3. The van der Waals surface area contributed by atoms with Gasteiger partial charge in [-0.2, -0.15) is 0 Å². The molecule has 0 aliphatic carbocycles. The fourth-order valence-corrected chi connectivity index (χ4v) is 32.7. The first kappa shape index (κ1) is 12.9. The third-order valence-electron chi connectivity index (χ3n) is 8.30. The van der Waals surface area contributed by atoms with Crippen LogP contribution in [0.1, 0.15) is 52.9 Å². The van der Waals surface area contributed by atoms with Crippen LogP contribution in [0.5, 0.6) is 0 Å². The molecule has 4 fully saturated rings. The van der Waals surface area contributed by atoms with E-state index in [4.69, 9.17) is 11.6 Å². The molecule has 0 aromatic carbocycles. The van der Waals surface area contributed by atoms with Crippen molar-refractivity contribution in [2.45, 2.75) is 79.9 Å². The maximum absolute atomic E-state index is 7.57. The molecule has 0 bridgehead atoms. The van der Waals surface area contributed by atoms with Gasteiger partial charge in [0.15, 0.2) is 0 Å². The Kier molecular flexibility index (Phi) is 2.62. The first-order valence-electron chi connectivity index (χ1n) is 8.18. The standard InChI is InChI=1S/C15H29ClP2/c1-11-4-5-12(2)17(11)8-9-18-13(3)6-7-14(18)10-15(17,18)16/h11-14,17-18H,4-10H2,1-3H3/t11-,12-,13-,14+,15+/m1/s1. The average Bonchev–Trinajstić information content (AvgIpc) is 2.83. The van der Waals surface area contributed by atoms with Crippen LogP contribution in [0.15, 0.2) is 0 Å². The maximum atomic E-state index is 7.57. The van der Waals surface area contributed by atoms with Crippen LogP contribution in [-0.4, -0.2) is 39.3 Å². The Bertz CT molecular complexity index is 380. The number of halogens is 1. The molecule has 0 aromatic heterocycles. The van der Waals surface area contributed by atoms with Gasteiger partial charge in [-0.1, -0.05) is 0 Å². The summed E-state index contributed by atoms with van der Waals surface area (Å²) in [4.78, 5) is 0. The molecule has 4 rings (SSSR count). The SMILES string of the molecule is C[C@@H]1CC[C@H]2C[C@@]3(Cl)[PH]21CC[PH]31[C@H](C)CC[C@H]1C. The van der Waals surface area contributed by atoms with E-state index in [0.717, 1.165) is 22.6 Å². The zero-order valence-electron chi connectivity index (χ0n) is 12.1. The molecule has 0 saturated carbocycles. The summed E-state index contributed by atoms with van der Waals surface area (Å²) in [6.07, 6.45) is 10.8. The Balaban J connectivity index is 1.83. The minimum absolute atomic E-state index is 0.454. The van der Waals surface area contributed by atoms with E-state index in [2.05, 4.69) is 20.8 Å². The third-order valence-corrected chi connectivity index (χ3v) is 27.5. The van der Waals surface area contributed by atoms with Crippen molar-refractivity contribution in [1.29, 1.82) is 0 Å². The van der Waals surface area contributed by atoms with Crippen molar-refractivity contribution in [2.75, 3.05) is 12.3 Å². The van der Waals surface area contributed by atoms with E-state index in [1.165, 1.54) is 25.7 Å². The topological polar surface area (TPSA) is 0 Å². The Morgan fingerprint density at radius 1 is 0.833 bits per heavy atom. The normalized spacial score (nSPS) is 58.9. The molecule has 18 heavy (non-hydrogen) atoms. The second kappa shape index (κ2) is 3.67. The Labute approximate surface area is 118 Å². The van der Waals surface area contributed by atoms with E-state index in [1.54, 1.807) is 18.7 Å². The summed E-state index contributed by atoms with van der Waals surface area (Å²) in [7, 11) is -2.29. The summed E-state index contributed by atoms with van der Waals surface area (Å²) >= 11 is 7.57. The molecule has 2 spiro atoms. The van der Waals surface area contributed by atoms with E-state index in [0.29, 0.717) is 4.36 Å². The summed E-state index contributed by atoms with van der Waals surface area (Å²) < 4.78 is 0.454. The van der Waals surface area contributed by atoms with Gasteiger partial charge in [-0.15, -0.1) is 0 Å². The molecule has 0 radical (unpaired) electrons. The number of fused-ring (bicyclic) bond motifs is 1. The van der Waals surface area contributed by atoms with Gasteiger partial charge in [0.2, 0.25) is 0 Å². The second-order valence-electron chi connectivity index (χ2n) is 8.14. The third kappa shape index (κ3) is 1.05. The molecule has 4 aliphatic rings. The van der Waals surface area contributed by atoms with Gasteiger partial charge in [0, 0.05) is 0 Å². The fourth-order valence-electron chi connectivity index (χ4n) is 7.42. The van der Waals surface area contributed by atoms with Gasteiger partial charge in [0.1, 0.15) is 0 Å². The fraction of sp³-hybridized carbons (Fsp3) is 1.00. The summed E-state index contributed by atoms with van der Waals surface area (Å²) in [5.41, 5.74) is 4.27. The van der Waals surface area contributed by atoms with Crippen molar-refractivity contribution in [3.05, 3.63) is 0 Å². The van der Waals surface area contributed by atoms with E-state index in [-0.39, 0.29) is 0 Å². The van der Waals surface area contributed by atoms with Crippen LogP contribution in [-0.2, 0) is 0 Å². The molecule has 0 nitrogen and oxygen atoms in total.